The van der Waals surface area contributed by atoms with E-state index >= 15 is 0 Å². The molecule has 0 aromatic heterocycles. The maximum atomic E-state index is 13.4. The highest BCUT2D eigenvalue weighted by molar-refractivity contribution is 5.88. The third-order valence-corrected chi connectivity index (χ3v) is 5.51. The molecule has 0 heterocycles. The number of benzene rings is 2. The molecule has 0 fully saturated rings. The highest BCUT2D eigenvalue weighted by Gasteiger charge is 2.28. The highest BCUT2D eigenvalue weighted by atomic mass is 16.2. The zero-order chi connectivity index (χ0) is 22.1. The minimum absolute atomic E-state index is 0.00193. The van der Waals surface area contributed by atoms with Crippen LogP contribution < -0.4 is 5.32 Å². The van der Waals surface area contributed by atoms with E-state index in [1.54, 1.807) is 4.90 Å². The first-order chi connectivity index (χ1) is 14.3. The predicted octanol–water partition coefficient (Wildman–Crippen LogP) is 4.61. The predicted molar refractivity (Wildman–Crippen MR) is 123 cm³/mol. The molecule has 30 heavy (non-hydrogen) atoms. The zero-order valence-corrected chi connectivity index (χ0v) is 19.1. The van der Waals surface area contributed by atoms with E-state index in [0.29, 0.717) is 19.4 Å². The first kappa shape index (κ1) is 23.7. The topological polar surface area (TPSA) is 49.4 Å². The molecule has 4 nitrogen and oxygen atoms in total. The minimum Gasteiger partial charge on any atom is -0.352 e. The van der Waals surface area contributed by atoms with Gasteiger partial charge in [-0.1, -0.05) is 73.5 Å². The molecule has 0 saturated heterocycles. The van der Waals surface area contributed by atoms with E-state index in [4.69, 9.17) is 0 Å². The van der Waals surface area contributed by atoms with Crippen molar-refractivity contribution in [1.29, 1.82) is 0 Å². The lowest BCUT2D eigenvalue weighted by molar-refractivity contribution is -0.140. The van der Waals surface area contributed by atoms with Crippen LogP contribution in [0.4, 0.5) is 0 Å². The van der Waals surface area contributed by atoms with Gasteiger partial charge >= 0.3 is 0 Å². The van der Waals surface area contributed by atoms with E-state index in [0.717, 1.165) is 29.5 Å². The van der Waals surface area contributed by atoms with E-state index < -0.39 is 6.04 Å². The Morgan fingerprint density at radius 1 is 0.933 bits per heavy atom. The number of nitrogens with zero attached hydrogens (tertiary/aromatic N) is 1. The summed E-state index contributed by atoms with van der Waals surface area (Å²) < 4.78 is 0. The van der Waals surface area contributed by atoms with E-state index in [1.165, 1.54) is 5.56 Å². The van der Waals surface area contributed by atoms with E-state index in [2.05, 4.69) is 35.6 Å². The molecule has 2 unspecified atom stereocenters. The molecule has 4 heteroatoms. The maximum Gasteiger partial charge on any atom is 0.243 e. The van der Waals surface area contributed by atoms with Crippen molar-refractivity contribution < 1.29 is 9.59 Å². The Morgan fingerprint density at radius 2 is 1.57 bits per heavy atom. The largest absolute Gasteiger partial charge is 0.352 e. The molecule has 0 spiro atoms. The number of aryl methyl sites for hydroxylation is 2. The lowest BCUT2D eigenvalue weighted by Gasteiger charge is -2.31. The molecular weight excluding hydrogens is 372 g/mol. The van der Waals surface area contributed by atoms with Crippen LogP contribution >= 0.6 is 0 Å². The van der Waals surface area contributed by atoms with Crippen LogP contribution in [0, 0.1) is 13.8 Å². The number of nitrogens with one attached hydrogen (secondary N) is 1. The van der Waals surface area contributed by atoms with Gasteiger partial charge in [0.15, 0.2) is 0 Å². The van der Waals surface area contributed by atoms with Gasteiger partial charge < -0.3 is 10.2 Å². The number of amides is 2. The molecule has 0 aliphatic carbocycles. The van der Waals surface area contributed by atoms with Crippen molar-refractivity contribution in [2.24, 2.45) is 0 Å². The Labute approximate surface area is 181 Å². The normalized spacial score (nSPS) is 12.8. The second kappa shape index (κ2) is 11.5. The van der Waals surface area contributed by atoms with Crippen molar-refractivity contribution in [1.82, 2.24) is 10.2 Å². The van der Waals surface area contributed by atoms with Crippen molar-refractivity contribution in [2.45, 2.75) is 72.4 Å². The smallest absolute Gasteiger partial charge is 0.243 e. The van der Waals surface area contributed by atoms with Crippen molar-refractivity contribution >= 4 is 11.8 Å². The Bertz CT molecular complexity index is 812. The number of hydrogen-bond donors (Lipinski definition) is 1. The molecule has 2 aromatic rings. The van der Waals surface area contributed by atoms with Crippen molar-refractivity contribution in [2.75, 3.05) is 6.54 Å². The Hall–Kier alpha value is -2.62. The van der Waals surface area contributed by atoms with Crippen LogP contribution in [0.15, 0.2) is 48.5 Å². The van der Waals surface area contributed by atoms with Gasteiger partial charge in [0.2, 0.25) is 11.8 Å². The molecule has 2 atom stereocenters. The summed E-state index contributed by atoms with van der Waals surface area (Å²) in [7, 11) is 0. The van der Waals surface area contributed by atoms with E-state index in [1.807, 2.05) is 52.8 Å². The van der Waals surface area contributed by atoms with Crippen LogP contribution in [-0.4, -0.2) is 35.3 Å². The molecule has 0 bridgehead atoms. The Balaban J connectivity index is 2.23. The van der Waals surface area contributed by atoms with Gasteiger partial charge in [0.1, 0.15) is 6.04 Å². The first-order valence-corrected chi connectivity index (χ1v) is 11.0. The summed E-state index contributed by atoms with van der Waals surface area (Å²) in [4.78, 5) is 28.1. The van der Waals surface area contributed by atoms with Crippen LogP contribution in [-0.2, 0) is 22.4 Å². The molecule has 0 aliphatic rings. The fourth-order valence-corrected chi connectivity index (χ4v) is 3.78. The third-order valence-electron chi connectivity index (χ3n) is 5.51. The number of hydrogen-bond acceptors (Lipinski definition) is 2. The molecular formula is C26H36N2O2. The fraction of sp³-hybridized carbons (Fsp3) is 0.462. The molecule has 2 amide bonds. The standard InChI is InChI=1S/C26H36N2O2/c1-6-21(5)27-26(30)24(7-2)28(14-13-22-11-9-8-10-12-22)25(29)18-23-16-19(3)15-20(4)17-23/h8-12,15-17,21,24H,6-7,13-14,18H2,1-5H3,(H,27,30). The van der Waals surface area contributed by atoms with Crippen LogP contribution in [0.25, 0.3) is 0 Å². The number of carbonyl (C=O) groups is 2. The lowest BCUT2D eigenvalue weighted by Crippen LogP contribution is -2.52. The Kier molecular flexibility index (Phi) is 9.10. The number of rotatable bonds is 10. The molecule has 0 aliphatic heterocycles. The van der Waals surface area contributed by atoms with E-state index in [-0.39, 0.29) is 17.9 Å². The summed E-state index contributed by atoms with van der Waals surface area (Å²) in [6.07, 6.45) is 2.50. The van der Waals surface area contributed by atoms with Gasteiger partial charge in [-0.2, -0.15) is 0 Å². The summed E-state index contributed by atoms with van der Waals surface area (Å²) in [5, 5.41) is 3.06. The number of carbonyl (C=O) groups excluding carboxylic acids is 2. The van der Waals surface area contributed by atoms with Crippen molar-refractivity contribution in [3.8, 4) is 0 Å². The highest BCUT2D eigenvalue weighted by Crippen LogP contribution is 2.15. The quantitative estimate of drug-likeness (QED) is 0.624. The van der Waals surface area contributed by atoms with Gasteiger partial charge in [-0.3, -0.25) is 9.59 Å². The molecule has 0 saturated carbocycles. The van der Waals surface area contributed by atoms with Crippen LogP contribution in [0.2, 0.25) is 0 Å². The molecule has 2 aromatic carbocycles. The average molecular weight is 409 g/mol. The van der Waals surface area contributed by atoms with Crippen LogP contribution in [0.3, 0.4) is 0 Å². The van der Waals surface area contributed by atoms with Gasteiger partial charge in [-0.25, -0.2) is 0 Å². The van der Waals surface area contributed by atoms with Crippen molar-refractivity contribution in [3.63, 3.8) is 0 Å². The zero-order valence-electron chi connectivity index (χ0n) is 19.1. The lowest BCUT2D eigenvalue weighted by atomic mass is 10.0. The van der Waals surface area contributed by atoms with Gasteiger partial charge in [0.25, 0.3) is 0 Å². The SMILES string of the molecule is CCC(C)NC(=O)C(CC)N(CCc1ccccc1)C(=O)Cc1cc(C)cc(C)c1. The fourth-order valence-electron chi connectivity index (χ4n) is 3.78. The second-order valence-electron chi connectivity index (χ2n) is 8.24. The van der Waals surface area contributed by atoms with Crippen LogP contribution in [0.1, 0.15) is 55.9 Å². The monoisotopic (exact) mass is 408 g/mol. The summed E-state index contributed by atoms with van der Waals surface area (Å²) in [5.41, 5.74) is 4.46. The summed E-state index contributed by atoms with van der Waals surface area (Å²) in [5.74, 6) is -0.0595. The summed E-state index contributed by atoms with van der Waals surface area (Å²) in [6.45, 7) is 10.6. The maximum absolute atomic E-state index is 13.4. The van der Waals surface area contributed by atoms with Gasteiger partial charge in [0.05, 0.1) is 6.42 Å². The van der Waals surface area contributed by atoms with E-state index in [9.17, 15) is 9.59 Å². The van der Waals surface area contributed by atoms with Gasteiger partial charge in [0, 0.05) is 12.6 Å². The van der Waals surface area contributed by atoms with Crippen molar-refractivity contribution in [3.05, 3.63) is 70.8 Å². The van der Waals surface area contributed by atoms with Gasteiger partial charge in [-0.15, -0.1) is 0 Å². The summed E-state index contributed by atoms with van der Waals surface area (Å²) >= 11 is 0. The Morgan fingerprint density at radius 3 is 2.13 bits per heavy atom. The van der Waals surface area contributed by atoms with Gasteiger partial charge in [-0.05, 0) is 51.2 Å². The van der Waals surface area contributed by atoms with Crippen LogP contribution in [0.5, 0.6) is 0 Å². The molecule has 0 radical (unpaired) electrons. The summed E-state index contributed by atoms with van der Waals surface area (Å²) in [6, 6.07) is 16.0. The molecule has 162 valence electrons. The molecule has 1 N–H and O–H groups in total. The first-order valence-electron chi connectivity index (χ1n) is 11.0. The molecule has 2 rings (SSSR count). The second-order valence-corrected chi connectivity index (χ2v) is 8.24. The minimum atomic E-state index is -0.457. The third kappa shape index (κ3) is 7.01. The average Bonchev–Trinajstić information content (AvgIpc) is 2.70.